The molecular weight excluding hydrogens is 408 g/mol. The lowest BCUT2D eigenvalue weighted by Crippen LogP contribution is -2.51. The van der Waals surface area contributed by atoms with Crippen molar-refractivity contribution in [3.63, 3.8) is 0 Å². The van der Waals surface area contributed by atoms with Crippen molar-refractivity contribution in [1.29, 1.82) is 0 Å². The number of Topliss-reactive ketones (excluding diaryl/α,β-unsaturated/α-hetero) is 1. The summed E-state index contributed by atoms with van der Waals surface area (Å²) >= 11 is 0. The monoisotopic (exact) mass is 429 g/mol. The Morgan fingerprint density at radius 3 is 2.45 bits per heavy atom. The molecule has 1 saturated carbocycles. The highest BCUT2D eigenvalue weighted by Gasteiger charge is 2.55. The maximum absolute atomic E-state index is 13.5. The van der Waals surface area contributed by atoms with Crippen LogP contribution >= 0.6 is 0 Å². The van der Waals surface area contributed by atoms with Crippen LogP contribution in [0.25, 0.3) is 0 Å². The topological polar surface area (TPSA) is 88.6 Å². The van der Waals surface area contributed by atoms with Gasteiger partial charge in [-0.15, -0.1) is 0 Å². The van der Waals surface area contributed by atoms with E-state index in [-0.39, 0.29) is 12.8 Å². The van der Waals surface area contributed by atoms with E-state index >= 15 is 0 Å². The molecule has 3 amide bonds. The SMILES string of the molecule is Cc1cccnc1Oc1ccc(C(=O)CN2C(=O)NC3(CCC(F)(F)CC3)C2=O)cc1. The van der Waals surface area contributed by atoms with Gasteiger partial charge in [0.1, 0.15) is 11.3 Å². The number of halogens is 2. The van der Waals surface area contributed by atoms with Crippen molar-refractivity contribution in [3.05, 3.63) is 53.7 Å². The molecule has 1 spiro atoms. The second-order valence-electron chi connectivity index (χ2n) is 7.93. The van der Waals surface area contributed by atoms with E-state index in [4.69, 9.17) is 4.74 Å². The smallest absolute Gasteiger partial charge is 0.325 e. The third-order valence-electron chi connectivity index (χ3n) is 5.73. The number of nitrogens with zero attached hydrogens (tertiary/aromatic N) is 2. The number of carbonyl (C=O) groups excluding carboxylic acids is 3. The predicted molar refractivity (Wildman–Crippen MR) is 106 cm³/mol. The number of amides is 3. The van der Waals surface area contributed by atoms with Crippen LogP contribution < -0.4 is 10.1 Å². The van der Waals surface area contributed by atoms with E-state index in [1.807, 2.05) is 13.0 Å². The van der Waals surface area contributed by atoms with Crippen LogP contribution in [0, 0.1) is 6.92 Å². The van der Waals surface area contributed by atoms with Gasteiger partial charge in [0, 0.05) is 30.2 Å². The van der Waals surface area contributed by atoms with Gasteiger partial charge in [-0.05, 0) is 50.1 Å². The first kappa shape index (κ1) is 20.9. The zero-order valence-electron chi connectivity index (χ0n) is 16.9. The summed E-state index contributed by atoms with van der Waals surface area (Å²) < 4.78 is 32.7. The maximum atomic E-state index is 13.5. The summed E-state index contributed by atoms with van der Waals surface area (Å²) in [5.41, 5.74) is -0.186. The number of rotatable bonds is 5. The van der Waals surface area contributed by atoms with Crippen molar-refractivity contribution in [2.45, 2.75) is 44.1 Å². The Bertz CT molecular complexity index is 1030. The van der Waals surface area contributed by atoms with Gasteiger partial charge in [-0.25, -0.2) is 18.6 Å². The lowest BCUT2D eigenvalue weighted by molar-refractivity contribution is -0.135. The van der Waals surface area contributed by atoms with E-state index in [9.17, 15) is 23.2 Å². The van der Waals surface area contributed by atoms with E-state index in [1.54, 1.807) is 24.4 Å². The van der Waals surface area contributed by atoms with Gasteiger partial charge in [-0.3, -0.25) is 14.5 Å². The van der Waals surface area contributed by atoms with Crippen LogP contribution in [0.15, 0.2) is 42.6 Å². The molecule has 1 aromatic carbocycles. The van der Waals surface area contributed by atoms with Crippen LogP contribution in [0.4, 0.5) is 13.6 Å². The Kier molecular flexibility index (Phi) is 5.20. The Morgan fingerprint density at radius 1 is 1.13 bits per heavy atom. The molecule has 1 aliphatic heterocycles. The van der Waals surface area contributed by atoms with Crippen LogP contribution in [0.3, 0.4) is 0 Å². The minimum Gasteiger partial charge on any atom is -0.439 e. The van der Waals surface area contributed by atoms with Crippen LogP contribution in [-0.2, 0) is 4.79 Å². The molecule has 0 radical (unpaired) electrons. The van der Waals surface area contributed by atoms with Gasteiger partial charge in [-0.1, -0.05) is 6.07 Å². The summed E-state index contributed by atoms with van der Waals surface area (Å²) in [4.78, 5) is 42.7. The largest absolute Gasteiger partial charge is 0.439 e. The molecule has 2 heterocycles. The molecule has 1 N–H and O–H groups in total. The molecule has 0 atom stereocenters. The lowest BCUT2D eigenvalue weighted by Gasteiger charge is -2.34. The van der Waals surface area contributed by atoms with Crippen LogP contribution in [0.5, 0.6) is 11.6 Å². The number of carbonyl (C=O) groups is 3. The van der Waals surface area contributed by atoms with Crippen molar-refractivity contribution < 1.29 is 27.9 Å². The van der Waals surface area contributed by atoms with Gasteiger partial charge in [0.15, 0.2) is 5.78 Å². The maximum Gasteiger partial charge on any atom is 0.325 e. The molecule has 9 heteroatoms. The molecular formula is C22H21F2N3O4. The van der Waals surface area contributed by atoms with Gasteiger partial charge >= 0.3 is 6.03 Å². The molecule has 1 aromatic heterocycles. The number of benzene rings is 1. The molecule has 2 fully saturated rings. The number of ether oxygens (including phenoxy) is 1. The van der Waals surface area contributed by atoms with Crippen LogP contribution in [-0.4, -0.2) is 45.6 Å². The predicted octanol–water partition coefficient (Wildman–Crippen LogP) is 3.86. The molecule has 0 unspecified atom stereocenters. The van der Waals surface area contributed by atoms with Crippen molar-refractivity contribution in [3.8, 4) is 11.6 Å². The highest BCUT2D eigenvalue weighted by Crippen LogP contribution is 2.41. The summed E-state index contributed by atoms with van der Waals surface area (Å²) in [6.07, 6.45) is 0.372. The van der Waals surface area contributed by atoms with Crippen molar-refractivity contribution in [2.24, 2.45) is 0 Å². The Balaban J connectivity index is 1.42. The summed E-state index contributed by atoms with van der Waals surface area (Å²) in [6.45, 7) is 1.40. The first-order chi connectivity index (χ1) is 14.7. The van der Waals surface area contributed by atoms with E-state index < -0.39 is 48.6 Å². The van der Waals surface area contributed by atoms with E-state index in [2.05, 4.69) is 10.3 Å². The first-order valence-electron chi connectivity index (χ1n) is 9.94. The molecule has 0 bridgehead atoms. The minimum atomic E-state index is -2.84. The average molecular weight is 429 g/mol. The van der Waals surface area contributed by atoms with Gasteiger partial charge in [-0.2, -0.15) is 0 Å². The number of nitrogens with one attached hydrogen (secondary N) is 1. The molecule has 2 aliphatic rings. The summed E-state index contributed by atoms with van der Waals surface area (Å²) in [5.74, 6) is -2.97. The van der Waals surface area contributed by atoms with Crippen LogP contribution in [0.1, 0.15) is 41.6 Å². The van der Waals surface area contributed by atoms with Gasteiger partial charge in [0.05, 0.1) is 6.54 Å². The number of hydrogen-bond acceptors (Lipinski definition) is 5. The third kappa shape index (κ3) is 4.12. The number of aryl methyl sites for hydroxylation is 1. The third-order valence-corrected chi connectivity index (χ3v) is 5.73. The van der Waals surface area contributed by atoms with Crippen LogP contribution in [0.2, 0.25) is 0 Å². The normalized spacial score (nSPS) is 19.4. The molecule has 1 saturated heterocycles. The fourth-order valence-electron chi connectivity index (χ4n) is 3.83. The van der Waals surface area contributed by atoms with E-state index in [1.165, 1.54) is 12.1 Å². The number of aromatic nitrogens is 1. The summed E-state index contributed by atoms with van der Waals surface area (Å²) in [7, 11) is 0. The van der Waals surface area contributed by atoms with Gasteiger partial charge in [0.2, 0.25) is 11.8 Å². The second kappa shape index (κ2) is 7.72. The number of urea groups is 1. The minimum absolute atomic E-state index is 0.145. The van der Waals surface area contributed by atoms with E-state index in [0.717, 1.165) is 10.5 Å². The highest BCUT2D eigenvalue weighted by molar-refractivity contribution is 6.11. The molecule has 1 aliphatic carbocycles. The molecule has 4 rings (SSSR count). The lowest BCUT2D eigenvalue weighted by atomic mass is 9.80. The summed E-state index contributed by atoms with van der Waals surface area (Å²) in [6, 6.07) is 9.18. The van der Waals surface area contributed by atoms with Crippen molar-refractivity contribution in [2.75, 3.05) is 6.54 Å². The number of ketones is 1. The standard InChI is InChI=1S/C22H21F2N3O4/c1-14-3-2-12-25-18(14)31-16-6-4-15(5-7-16)17(28)13-27-19(29)21(26-20(27)30)8-10-22(23,24)11-9-21/h2-7,12H,8-11,13H2,1H3,(H,26,30). The molecule has 31 heavy (non-hydrogen) atoms. The van der Waals surface area contributed by atoms with Crippen molar-refractivity contribution >= 4 is 17.7 Å². The Labute approximate surface area is 177 Å². The van der Waals surface area contributed by atoms with Gasteiger partial charge in [0.25, 0.3) is 5.91 Å². The number of pyridine rings is 1. The van der Waals surface area contributed by atoms with Gasteiger partial charge < -0.3 is 10.1 Å². The Morgan fingerprint density at radius 2 is 1.81 bits per heavy atom. The average Bonchev–Trinajstić information content (AvgIpc) is 2.97. The Hall–Kier alpha value is -3.36. The quantitative estimate of drug-likeness (QED) is 0.576. The number of imide groups is 1. The summed E-state index contributed by atoms with van der Waals surface area (Å²) in [5, 5.41) is 2.53. The highest BCUT2D eigenvalue weighted by atomic mass is 19.3. The zero-order valence-corrected chi connectivity index (χ0v) is 16.9. The zero-order chi connectivity index (χ0) is 22.2. The molecule has 162 valence electrons. The molecule has 2 aromatic rings. The molecule has 7 nitrogen and oxygen atoms in total. The number of alkyl halides is 2. The first-order valence-corrected chi connectivity index (χ1v) is 9.94. The van der Waals surface area contributed by atoms with Crippen molar-refractivity contribution in [1.82, 2.24) is 15.2 Å². The fraction of sp³-hybridized carbons (Fsp3) is 0.364. The fourth-order valence-corrected chi connectivity index (χ4v) is 3.83. The van der Waals surface area contributed by atoms with E-state index in [0.29, 0.717) is 17.2 Å². The number of hydrogen-bond donors (Lipinski definition) is 1. The second-order valence-corrected chi connectivity index (χ2v) is 7.93.